The smallest absolute Gasteiger partial charge is 0.303 e. The van der Waals surface area contributed by atoms with E-state index in [-0.39, 0.29) is 18.4 Å². The Balaban J connectivity index is 2.05. The maximum Gasteiger partial charge on any atom is 0.303 e. The number of hydrogen-bond acceptors (Lipinski definition) is 4. The fourth-order valence-corrected chi connectivity index (χ4v) is 3.96. The molecule has 2 amide bonds. The summed E-state index contributed by atoms with van der Waals surface area (Å²) in [5, 5.41) is 2.60. The molecule has 0 heterocycles. The summed E-state index contributed by atoms with van der Waals surface area (Å²) in [5.74, 6) is -1.05. The molecule has 1 aromatic rings. The lowest BCUT2D eigenvalue weighted by Gasteiger charge is -2.25. The van der Waals surface area contributed by atoms with Crippen LogP contribution in [0, 0.1) is 5.92 Å². The summed E-state index contributed by atoms with van der Waals surface area (Å²) in [6.45, 7) is 1.48. The van der Waals surface area contributed by atoms with Gasteiger partial charge >= 0.3 is 10.2 Å². The summed E-state index contributed by atoms with van der Waals surface area (Å²) in [6, 6.07) is 8.29. The Kier molecular flexibility index (Phi) is 6.55. The van der Waals surface area contributed by atoms with E-state index < -0.39 is 22.2 Å². The SMILES string of the molecule is CC(=O)NC(C(=O)NS(=O)(=O)N(C)Cc1ccccc1)C1CCCC1. The molecular weight excluding hydrogens is 342 g/mol. The molecule has 1 aliphatic carbocycles. The molecule has 2 N–H and O–H groups in total. The number of nitrogens with zero attached hydrogens (tertiary/aromatic N) is 1. The zero-order valence-corrected chi connectivity index (χ0v) is 15.4. The monoisotopic (exact) mass is 367 g/mol. The Labute approximate surface area is 149 Å². The van der Waals surface area contributed by atoms with Gasteiger partial charge in [0, 0.05) is 20.5 Å². The summed E-state index contributed by atoms with van der Waals surface area (Å²) in [4.78, 5) is 23.9. The Bertz CT molecular complexity index is 700. The van der Waals surface area contributed by atoms with Crippen molar-refractivity contribution in [2.45, 2.75) is 45.2 Å². The summed E-state index contributed by atoms with van der Waals surface area (Å²) >= 11 is 0. The average molecular weight is 367 g/mol. The fourth-order valence-electron chi connectivity index (χ4n) is 3.10. The molecule has 0 saturated heterocycles. The molecule has 1 aromatic carbocycles. The summed E-state index contributed by atoms with van der Waals surface area (Å²) in [5.41, 5.74) is 0.817. The normalized spacial score (nSPS) is 16.6. The van der Waals surface area contributed by atoms with Gasteiger partial charge in [0.25, 0.3) is 5.91 Å². The Hall–Kier alpha value is -1.93. The van der Waals surface area contributed by atoms with E-state index in [2.05, 4.69) is 10.0 Å². The maximum atomic E-state index is 12.5. The molecule has 1 aliphatic rings. The molecule has 7 nitrogen and oxygen atoms in total. The second-order valence-electron chi connectivity index (χ2n) is 6.44. The summed E-state index contributed by atoms with van der Waals surface area (Å²) in [6.07, 6.45) is 3.57. The van der Waals surface area contributed by atoms with Crippen molar-refractivity contribution in [3.05, 3.63) is 35.9 Å². The Morgan fingerprint density at radius 1 is 1.20 bits per heavy atom. The molecule has 1 fully saturated rings. The fraction of sp³-hybridized carbons (Fsp3) is 0.529. The number of rotatable bonds is 7. The first-order valence-electron chi connectivity index (χ1n) is 8.38. The van der Waals surface area contributed by atoms with Crippen LogP contribution in [0.5, 0.6) is 0 Å². The molecule has 0 aliphatic heterocycles. The Morgan fingerprint density at radius 2 is 1.80 bits per heavy atom. The molecule has 8 heteroatoms. The van der Waals surface area contributed by atoms with E-state index in [4.69, 9.17) is 0 Å². The summed E-state index contributed by atoms with van der Waals surface area (Å²) in [7, 11) is -2.58. The third-order valence-corrected chi connectivity index (χ3v) is 5.81. The molecule has 1 saturated carbocycles. The van der Waals surface area contributed by atoms with E-state index in [1.54, 1.807) is 0 Å². The molecule has 0 aromatic heterocycles. The van der Waals surface area contributed by atoms with E-state index in [9.17, 15) is 18.0 Å². The van der Waals surface area contributed by atoms with Gasteiger partial charge < -0.3 is 5.32 Å². The summed E-state index contributed by atoms with van der Waals surface area (Å²) < 4.78 is 28.0. The largest absolute Gasteiger partial charge is 0.344 e. The van der Waals surface area contributed by atoms with Gasteiger partial charge in [-0.05, 0) is 24.3 Å². The van der Waals surface area contributed by atoms with Crippen LogP contribution in [0.15, 0.2) is 30.3 Å². The lowest BCUT2D eigenvalue weighted by atomic mass is 9.97. The number of amides is 2. The highest BCUT2D eigenvalue weighted by Gasteiger charge is 2.34. The minimum atomic E-state index is -3.99. The van der Waals surface area contributed by atoms with Gasteiger partial charge in [0.2, 0.25) is 5.91 Å². The Morgan fingerprint density at radius 3 is 2.36 bits per heavy atom. The van der Waals surface area contributed by atoms with Crippen LogP contribution >= 0.6 is 0 Å². The minimum absolute atomic E-state index is 0.0291. The molecule has 138 valence electrons. The van der Waals surface area contributed by atoms with Gasteiger partial charge in [-0.15, -0.1) is 0 Å². The molecule has 0 radical (unpaired) electrons. The van der Waals surface area contributed by atoms with Crippen molar-refractivity contribution in [3.8, 4) is 0 Å². The number of nitrogens with one attached hydrogen (secondary N) is 2. The van der Waals surface area contributed by atoms with Gasteiger partial charge in [0.05, 0.1) is 0 Å². The van der Waals surface area contributed by atoms with Gasteiger partial charge in [0.1, 0.15) is 6.04 Å². The second-order valence-corrected chi connectivity index (χ2v) is 8.21. The highest BCUT2D eigenvalue weighted by molar-refractivity contribution is 7.87. The molecule has 25 heavy (non-hydrogen) atoms. The maximum absolute atomic E-state index is 12.5. The quantitative estimate of drug-likeness (QED) is 0.756. The molecule has 0 bridgehead atoms. The molecular formula is C17H25N3O4S. The van der Waals surface area contributed by atoms with E-state index >= 15 is 0 Å². The lowest BCUT2D eigenvalue weighted by Crippen LogP contribution is -2.53. The highest BCUT2D eigenvalue weighted by atomic mass is 32.2. The topological polar surface area (TPSA) is 95.6 Å². The van der Waals surface area contributed by atoms with Gasteiger partial charge in [-0.3, -0.25) is 9.59 Å². The standard InChI is InChI=1S/C17H25N3O4S/c1-13(21)18-16(15-10-6-7-11-15)17(22)19-25(23,24)20(2)12-14-8-4-3-5-9-14/h3-5,8-9,15-16H,6-7,10-12H2,1-2H3,(H,18,21)(H,19,22). The van der Waals surface area contributed by atoms with Crippen molar-refractivity contribution in [1.29, 1.82) is 0 Å². The van der Waals surface area contributed by atoms with Crippen LogP contribution in [0.25, 0.3) is 0 Å². The molecule has 0 spiro atoms. The van der Waals surface area contributed by atoms with Crippen LogP contribution < -0.4 is 10.0 Å². The third-order valence-electron chi connectivity index (χ3n) is 4.40. The minimum Gasteiger partial charge on any atom is -0.344 e. The number of carbonyl (C=O) groups is 2. The van der Waals surface area contributed by atoms with Crippen molar-refractivity contribution >= 4 is 22.0 Å². The van der Waals surface area contributed by atoms with Crippen LogP contribution in [-0.2, 0) is 26.3 Å². The predicted octanol–water partition coefficient (Wildman–Crippen LogP) is 1.17. The van der Waals surface area contributed by atoms with Crippen LogP contribution in [0.3, 0.4) is 0 Å². The molecule has 1 unspecified atom stereocenters. The van der Waals surface area contributed by atoms with Crippen molar-refractivity contribution in [3.63, 3.8) is 0 Å². The van der Waals surface area contributed by atoms with Crippen LogP contribution in [0.2, 0.25) is 0 Å². The number of carbonyl (C=O) groups excluding carboxylic acids is 2. The first-order chi connectivity index (χ1) is 11.8. The van der Waals surface area contributed by atoms with Crippen LogP contribution in [0.4, 0.5) is 0 Å². The third kappa shape index (κ3) is 5.54. The predicted molar refractivity (Wildman–Crippen MR) is 94.5 cm³/mol. The zero-order valence-electron chi connectivity index (χ0n) is 14.6. The van der Waals surface area contributed by atoms with E-state index in [0.717, 1.165) is 35.6 Å². The average Bonchev–Trinajstić information content (AvgIpc) is 3.07. The van der Waals surface area contributed by atoms with Crippen molar-refractivity contribution in [1.82, 2.24) is 14.3 Å². The second kappa shape index (κ2) is 8.44. The first-order valence-corrected chi connectivity index (χ1v) is 9.82. The lowest BCUT2D eigenvalue weighted by molar-refractivity contribution is -0.128. The number of hydrogen-bond donors (Lipinski definition) is 2. The van der Waals surface area contributed by atoms with Gasteiger partial charge in [-0.25, -0.2) is 4.72 Å². The first kappa shape index (κ1) is 19.4. The van der Waals surface area contributed by atoms with E-state index in [0.29, 0.717) is 0 Å². The zero-order chi connectivity index (χ0) is 18.4. The number of benzene rings is 1. The van der Waals surface area contributed by atoms with Crippen molar-refractivity contribution in [2.24, 2.45) is 5.92 Å². The van der Waals surface area contributed by atoms with Crippen LogP contribution in [-0.4, -0.2) is 37.6 Å². The van der Waals surface area contributed by atoms with Crippen molar-refractivity contribution in [2.75, 3.05) is 7.05 Å². The molecule has 2 rings (SSSR count). The van der Waals surface area contributed by atoms with Gasteiger partial charge in [-0.1, -0.05) is 43.2 Å². The highest BCUT2D eigenvalue weighted by Crippen LogP contribution is 2.28. The van der Waals surface area contributed by atoms with Crippen LogP contribution in [0.1, 0.15) is 38.2 Å². The van der Waals surface area contributed by atoms with E-state index in [1.165, 1.54) is 14.0 Å². The van der Waals surface area contributed by atoms with E-state index in [1.807, 2.05) is 30.3 Å². The van der Waals surface area contributed by atoms with Gasteiger partial charge in [0.15, 0.2) is 0 Å². The molecule has 1 atom stereocenters. The van der Waals surface area contributed by atoms with Gasteiger partial charge in [-0.2, -0.15) is 12.7 Å². The van der Waals surface area contributed by atoms with Crippen molar-refractivity contribution < 1.29 is 18.0 Å².